The lowest BCUT2D eigenvalue weighted by atomic mass is 10.1. The molecule has 0 aliphatic carbocycles. The van der Waals surface area contributed by atoms with Crippen LogP contribution >= 0.6 is 11.8 Å². The van der Waals surface area contributed by atoms with Gasteiger partial charge in [0, 0.05) is 29.9 Å². The number of unbranched alkanes of at least 4 members (excludes halogenated alkanes) is 7. The Morgan fingerprint density at radius 2 is 1.70 bits per heavy atom. The first-order valence-corrected chi connectivity index (χ1v) is 11.5. The average molecular weight is 438 g/mol. The third kappa shape index (κ3) is 13.7. The van der Waals surface area contributed by atoms with Gasteiger partial charge >= 0.3 is 5.97 Å². The summed E-state index contributed by atoms with van der Waals surface area (Å²) in [6, 6.07) is 6.05. The lowest BCUT2D eigenvalue weighted by Gasteiger charge is -2.03. The van der Waals surface area contributed by atoms with Crippen molar-refractivity contribution in [1.82, 2.24) is 5.43 Å². The van der Waals surface area contributed by atoms with E-state index in [9.17, 15) is 19.7 Å². The summed E-state index contributed by atoms with van der Waals surface area (Å²) in [5, 5.41) is 23.1. The van der Waals surface area contributed by atoms with Crippen molar-refractivity contribution in [3.63, 3.8) is 0 Å². The van der Waals surface area contributed by atoms with Crippen LogP contribution in [0.1, 0.15) is 69.8 Å². The highest BCUT2D eigenvalue weighted by atomic mass is 32.2. The number of nitrogens with one attached hydrogen (secondary N) is 1. The Hall–Kier alpha value is -2.42. The Balaban J connectivity index is 1.95. The zero-order valence-electron chi connectivity index (χ0n) is 17.3. The van der Waals surface area contributed by atoms with E-state index in [1.165, 1.54) is 44.0 Å². The van der Waals surface area contributed by atoms with Crippen molar-refractivity contribution in [2.75, 3.05) is 11.5 Å². The maximum atomic E-state index is 11.8. The van der Waals surface area contributed by atoms with Crippen molar-refractivity contribution < 1.29 is 19.6 Å². The molecule has 1 aromatic rings. The molecule has 1 rings (SSSR count). The van der Waals surface area contributed by atoms with Gasteiger partial charge in [0.15, 0.2) is 0 Å². The van der Waals surface area contributed by atoms with E-state index in [1.54, 1.807) is 23.9 Å². The van der Waals surface area contributed by atoms with Crippen molar-refractivity contribution in [3.05, 3.63) is 39.9 Å². The number of rotatable bonds is 17. The van der Waals surface area contributed by atoms with Crippen LogP contribution in [0.3, 0.4) is 0 Å². The SMILES string of the molecule is O=C(O)CCSCCCCCCCCCCC(=O)NN=Cc1cccc([N+](=O)[O-])c1. The highest BCUT2D eigenvalue weighted by molar-refractivity contribution is 7.99. The minimum atomic E-state index is -0.729. The van der Waals surface area contributed by atoms with Crippen LogP contribution < -0.4 is 5.43 Å². The summed E-state index contributed by atoms with van der Waals surface area (Å²) < 4.78 is 0. The summed E-state index contributed by atoms with van der Waals surface area (Å²) in [4.78, 5) is 32.4. The summed E-state index contributed by atoms with van der Waals surface area (Å²) in [7, 11) is 0. The van der Waals surface area contributed by atoms with Crippen LogP contribution in [0.4, 0.5) is 5.69 Å². The number of nitro benzene ring substituents is 1. The highest BCUT2D eigenvalue weighted by Gasteiger charge is 2.04. The van der Waals surface area contributed by atoms with E-state index in [4.69, 9.17) is 5.11 Å². The molecule has 0 radical (unpaired) electrons. The molecule has 2 N–H and O–H groups in total. The number of nitro groups is 1. The molecule has 166 valence electrons. The standard InChI is InChI=1S/C21H31N3O5S/c25-20(23-22-17-18-10-9-11-19(16-18)24(28)29)12-7-5-3-1-2-4-6-8-14-30-15-13-21(26)27/h9-11,16-17H,1-8,12-15H2,(H,23,25)(H,26,27). The predicted molar refractivity (Wildman–Crippen MR) is 120 cm³/mol. The van der Waals surface area contributed by atoms with Crippen molar-refractivity contribution in [2.45, 2.75) is 64.2 Å². The van der Waals surface area contributed by atoms with Gasteiger partial charge < -0.3 is 5.11 Å². The monoisotopic (exact) mass is 437 g/mol. The van der Waals surface area contributed by atoms with E-state index in [0.29, 0.717) is 17.7 Å². The Labute approximate surface area is 181 Å². The maximum Gasteiger partial charge on any atom is 0.304 e. The Morgan fingerprint density at radius 3 is 2.37 bits per heavy atom. The summed E-state index contributed by atoms with van der Waals surface area (Å²) >= 11 is 1.71. The largest absolute Gasteiger partial charge is 0.481 e. The van der Waals surface area contributed by atoms with Gasteiger partial charge in [0.1, 0.15) is 0 Å². The van der Waals surface area contributed by atoms with Crippen molar-refractivity contribution in [3.8, 4) is 0 Å². The minimum Gasteiger partial charge on any atom is -0.481 e. The van der Waals surface area contributed by atoms with Gasteiger partial charge in [-0.3, -0.25) is 19.7 Å². The Bertz CT molecular complexity index is 697. The number of thioether (sulfide) groups is 1. The molecule has 1 amide bonds. The van der Waals surface area contributed by atoms with E-state index < -0.39 is 10.9 Å². The molecule has 0 heterocycles. The second-order valence-electron chi connectivity index (χ2n) is 6.98. The Morgan fingerprint density at radius 1 is 1.03 bits per heavy atom. The van der Waals surface area contributed by atoms with Crippen molar-refractivity contribution >= 4 is 35.5 Å². The van der Waals surface area contributed by atoms with E-state index in [0.717, 1.165) is 31.4 Å². The van der Waals surface area contributed by atoms with E-state index in [-0.39, 0.29) is 18.0 Å². The molecule has 0 atom stereocenters. The van der Waals surface area contributed by atoms with Gasteiger partial charge in [-0.1, -0.05) is 50.7 Å². The number of hydrogen-bond donors (Lipinski definition) is 2. The number of carbonyl (C=O) groups is 2. The fraction of sp³-hybridized carbons (Fsp3) is 0.571. The summed E-state index contributed by atoms with van der Waals surface area (Å²) in [5.41, 5.74) is 3.00. The topological polar surface area (TPSA) is 122 Å². The smallest absolute Gasteiger partial charge is 0.304 e. The lowest BCUT2D eigenvalue weighted by Crippen LogP contribution is -2.16. The summed E-state index contributed by atoms with van der Waals surface area (Å²) in [6.07, 6.45) is 10.9. The second-order valence-corrected chi connectivity index (χ2v) is 8.20. The van der Waals surface area contributed by atoms with Crippen LogP contribution in [-0.4, -0.2) is 39.6 Å². The molecule has 0 aromatic heterocycles. The molecule has 1 aromatic carbocycles. The lowest BCUT2D eigenvalue weighted by molar-refractivity contribution is -0.384. The van der Waals surface area contributed by atoms with E-state index >= 15 is 0 Å². The molecule has 0 aliphatic rings. The van der Waals surface area contributed by atoms with Crippen LogP contribution in [0, 0.1) is 10.1 Å². The molecule has 0 spiro atoms. The molecule has 8 nitrogen and oxygen atoms in total. The van der Waals surface area contributed by atoms with E-state index in [2.05, 4.69) is 10.5 Å². The molecule has 0 aliphatic heterocycles. The van der Waals surface area contributed by atoms with Gasteiger partial charge in [0.25, 0.3) is 5.69 Å². The van der Waals surface area contributed by atoms with Crippen molar-refractivity contribution in [1.29, 1.82) is 0 Å². The molecule has 9 heteroatoms. The molecule has 0 unspecified atom stereocenters. The minimum absolute atomic E-state index is 0.0140. The first-order chi connectivity index (χ1) is 14.5. The van der Waals surface area contributed by atoms with Crippen LogP contribution in [0.25, 0.3) is 0 Å². The van der Waals surface area contributed by atoms with Gasteiger partial charge in [-0.05, 0) is 18.6 Å². The quantitative estimate of drug-likeness (QED) is 0.157. The molecular formula is C21H31N3O5S. The van der Waals surface area contributed by atoms with E-state index in [1.807, 2.05) is 0 Å². The fourth-order valence-corrected chi connectivity index (χ4v) is 3.70. The Kier molecular flexibility index (Phi) is 14.0. The average Bonchev–Trinajstić information content (AvgIpc) is 2.71. The fourth-order valence-electron chi connectivity index (χ4n) is 2.77. The predicted octanol–water partition coefficient (Wildman–Crippen LogP) is 4.76. The number of carboxylic acids is 1. The number of amides is 1. The molecular weight excluding hydrogens is 406 g/mol. The maximum absolute atomic E-state index is 11.8. The first-order valence-electron chi connectivity index (χ1n) is 10.3. The number of carbonyl (C=O) groups excluding carboxylic acids is 1. The number of hydrazone groups is 1. The van der Waals surface area contributed by atoms with Crippen LogP contribution in [0.2, 0.25) is 0 Å². The zero-order chi connectivity index (χ0) is 22.0. The first kappa shape index (κ1) is 25.6. The van der Waals surface area contributed by atoms with Gasteiger partial charge in [-0.15, -0.1) is 0 Å². The number of benzene rings is 1. The van der Waals surface area contributed by atoms with Crippen LogP contribution in [-0.2, 0) is 9.59 Å². The molecule has 0 bridgehead atoms. The molecule has 0 fully saturated rings. The summed E-state index contributed by atoms with van der Waals surface area (Å²) in [5.74, 6) is 0.847. The van der Waals surface area contributed by atoms with Crippen molar-refractivity contribution in [2.24, 2.45) is 5.10 Å². The third-order valence-electron chi connectivity index (χ3n) is 4.39. The zero-order valence-corrected chi connectivity index (χ0v) is 18.1. The number of nitrogens with zero attached hydrogens (tertiary/aromatic N) is 2. The normalized spacial score (nSPS) is 10.9. The number of aliphatic carboxylic acids is 1. The summed E-state index contributed by atoms with van der Waals surface area (Å²) in [6.45, 7) is 0. The number of hydrogen-bond acceptors (Lipinski definition) is 6. The van der Waals surface area contributed by atoms with Crippen LogP contribution in [0.5, 0.6) is 0 Å². The second kappa shape index (κ2) is 16.4. The van der Waals surface area contributed by atoms with Gasteiger partial charge in [-0.2, -0.15) is 16.9 Å². The third-order valence-corrected chi connectivity index (χ3v) is 5.46. The number of carboxylic acid groups (broad SMARTS) is 1. The van der Waals surface area contributed by atoms with Gasteiger partial charge in [-0.25, -0.2) is 5.43 Å². The molecule has 0 saturated heterocycles. The highest BCUT2D eigenvalue weighted by Crippen LogP contribution is 2.13. The number of non-ortho nitro benzene ring substituents is 1. The van der Waals surface area contributed by atoms with Gasteiger partial charge in [0.05, 0.1) is 17.6 Å². The molecule has 0 saturated carbocycles. The molecule has 30 heavy (non-hydrogen) atoms. The van der Waals surface area contributed by atoms with Crippen LogP contribution in [0.15, 0.2) is 29.4 Å². The van der Waals surface area contributed by atoms with Gasteiger partial charge in [0.2, 0.25) is 5.91 Å².